The fraction of sp³-hybridized carbons (Fsp3) is 0.647. The Hall–Kier alpha value is -2.31. The molecule has 4 atom stereocenters. The number of imidazole rings is 1. The summed E-state index contributed by atoms with van der Waals surface area (Å²) in [4.78, 5) is 43.1. The molecule has 4 unspecified atom stereocenters. The number of nitrogens with two attached hydrogens (primary N) is 2. The van der Waals surface area contributed by atoms with Gasteiger partial charge in [0.15, 0.2) is 0 Å². The van der Waals surface area contributed by atoms with Crippen molar-refractivity contribution in [1.82, 2.24) is 20.6 Å². The smallest absolute Gasteiger partial charge is 0.326 e. The summed E-state index contributed by atoms with van der Waals surface area (Å²) in [7, 11) is -1.19. The lowest BCUT2D eigenvalue weighted by Crippen LogP contribution is -2.55. The van der Waals surface area contributed by atoms with Crippen molar-refractivity contribution >= 4 is 28.6 Å². The zero-order valence-corrected chi connectivity index (χ0v) is 17.2. The minimum absolute atomic E-state index is 0.0899. The first-order valence-electron chi connectivity index (χ1n) is 9.31. The van der Waals surface area contributed by atoms with Crippen molar-refractivity contribution in [2.45, 2.75) is 50.2 Å². The average molecular weight is 431 g/mol. The van der Waals surface area contributed by atoms with Gasteiger partial charge >= 0.3 is 5.97 Å². The summed E-state index contributed by atoms with van der Waals surface area (Å²) in [6.45, 7) is 0.426. The number of aromatic nitrogens is 2. The van der Waals surface area contributed by atoms with Gasteiger partial charge in [-0.25, -0.2) is 9.78 Å². The van der Waals surface area contributed by atoms with E-state index >= 15 is 0 Å². The Labute approximate surface area is 171 Å². The van der Waals surface area contributed by atoms with Crippen LogP contribution in [0.25, 0.3) is 0 Å². The van der Waals surface area contributed by atoms with Crippen LogP contribution in [0.3, 0.4) is 0 Å². The Bertz CT molecular complexity index is 684. The van der Waals surface area contributed by atoms with Crippen LogP contribution in [-0.2, 0) is 31.6 Å². The summed E-state index contributed by atoms with van der Waals surface area (Å²) < 4.78 is 11.4. The highest BCUT2D eigenvalue weighted by molar-refractivity contribution is 7.84. The Balaban J connectivity index is 2.75. The summed E-state index contributed by atoms with van der Waals surface area (Å²) in [5, 5.41) is 14.3. The molecule has 0 aromatic carbocycles. The topological polar surface area (TPSA) is 193 Å². The molecular formula is C17H30N6O5S. The third kappa shape index (κ3) is 9.63. The van der Waals surface area contributed by atoms with Crippen LogP contribution in [0.5, 0.6) is 0 Å². The lowest BCUT2D eigenvalue weighted by atomic mass is 10.1. The molecule has 0 radical (unpaired) electrons. The number of aliphatic carboxylic acids is 1. The SMILES string of the molecule is CS(=O)CCC(NC(=O)C(N)Cc1cnc[nH]1)C(=O)NC(CCCCN)C(=O)O. The lowest BCUT2D eigenvalue weighted by molar-refractivity contribution is -0.142. The maximum Gasteiger partial charge on any atom is 0.326 e. The molecule has 1 rings (SSSR count). The van der Waals surface area contributed by atoms with Crippen molar-refractivity contribution in [3.8, 4) is 0 Å². The number of H-pyrrole nitrogens is 1. The molecule has 1 aromatic heterocycles. The van der Waals surface area contributed by atoms with E-state index in [0.717, 1.165) is 0 Å². The molecule has 8 N–H and O–H groups in total. The first-order valence-corrected chi connectivity index (χ1v) is 11.0. The van der Waals surface area contributed by atoms with Gasteiger partial charge in [0, 0.05) is 41.1 Å². The van der Waals surface area contributed by atoms with E-state index in [4.69, 9.17) is 11.5 Å². The molecule has 0 bridgehead atoms. The molecule has 164 valence electrons. The minimum atomic E-state index is -1.19. The van der Waals surface area contributed by atoms with Crippen molar-refractivity contribution in [1.29, 1.82) is 0 Å². The van der Waals surface area contributed by atoms with Gasteiger partial charge in [-0.2, -0.15) is 0 Å². The fourth-order valence-corrected chi connectivity index (χ4v) is 3.15. The molecule has 0 aliphatic heterocycles. The number of nitrogens with zero attached hydrogens (tertiary/aromatic N) is 1. The van der Waals surface area contributed by atoms with Crippen molar-refractivity contribution in [3.05, 3.63) is 18.2 Å². The van der Waals surface area contributed by atoms with Crippen LogP contribution in [0, 0.1) is 0 Å². The number of carbonyl (C=O) groups excluding carboxylic acids is 2. The maximum atomic E-state index is 12.6. The number of aromatic amines is 1. The Morgan fingerprint density at radius 2 is 1.90 bits per heavy atom. The summed E-state index contributed by atoms with van der Waals surface area (Å²) >= 11 is 0. The van der Waals surface area contributed by atoms with Crippen LogP contribution in [0.2, 0.25) is 0 Å². The van der Waals surface area contributed by atoms with Gasteiger partial charge in [0.25, 0.3) is 0 Å². The standard InChI is InChI=1S/C17H30N6O5S/c1-29(28)7-5-13(16(25)23-14(17(26)27)4-2-3-6-18)22-15(24)12(19)8-11-9-20-10-21-11/h9-10,12-14H,2-8,18-19H2,1H3,(H,20,21)(H,22,24)(H,23,25)(H,26,27). The number of amides is 2. The molecule has 2 amide bonds. The molecule has 0 saturated heterocycles. The van der Waals surface area contributed by atoms with Crippen LogP contribution < -0.4 is 22.1 Å². The van der Waals surface area contributed by atoms with Crippen LogP contribution in [-0.4, -0.2) is 73.7 Å². The molecule has 29 heavy (non-hydrogen) atoms. The van der Waals surface area contributed by atoms with Crippen LogP contribution >= 0.6 is 0 Å². The van der Waals surface area contributed by atoms with Crippen LogP contribution in [0.1, 0.15) is 31.4 Å². The van der Waals surface area contributed by atoms with Crippen molar-refractivity contribution in [2.75, 3.05) is 18.6 Å². The van der Waals surface area contributed by atoms with E-state index in [9.17, 15) is 23.7 Å². The third-order valence-corrected chi connectivity index (χ3v) is 5.03. The summed E-state index contributed by atoms with van der Waals surface area (Å²) in [6.07, 6.45) is 6.16. The molecule has 0 aliphatic carbocycles. The summed E-state index contributed by atoms with van der Waals surface area (Å²) in [6, 6.07) is -3.08. The van der Waals surface area contributed by atoms with E-state index < -0.39 is 46.7 Å². The Morgan fingerprint density at radius 3 is 2.45 bits per heavy atom. The number of hydrogen-bond donors (Lipinski definition) is 6. The van der Waals surface area contributed by atoms with Gasteiger partial charge in [0.05, 0.1) is 12.4 Å². The molecule has 0 fully saturated rings. The first kappa shape index (κ1) is 24.7. The van der Waals surface area contributed by atoms with Crippen molar-refractivity contribution < 1.29 is 23.7 Å². The molecule has 1 heterocycles. The van der Waals surface area contributed by atoms with Crippen molar-refractivity contribution in [2.24, 2.45) is 11.5 Å². The van der Waals surface area contributed by atoms with E-state index in [1.165, 1.54) is 18.8 Å². The predicted molar refractivity (Wildman–Crippen MR) is 108 cm³/mol. The highest BCUT2D eigenvalue weighted by Gasteiger charge is 2.28. The number of rotatable bonds is 14. The Morgan fingerprint density at radius 1 is 1.21 bits per heavy atom. The third-order valence-electron chi connectivity index (χ3n) is 4.22. The van der Waals surface area contributed by atoms with Gasteiger partial charge in [0.2, 0.25) is 11.8 Å². The zero-order chi connectivity index (χ0) is 21.8. The molecule has 0 aliphatic rings. The second kappa shape index (κ2) is 13.0. The lowest BCUT2D eigenvalue weighted by Gasteiger charge is -2.22. The number of carbonyl (C=O) groups is 3. The first-order chi connectivity index (χ1) is 13.7. The molecular weight excluding hydrogens is 400 g/mol. The Kier molecular flexibility index (Phi) is 11.1. The van der Waals surface area contributed by atoms with Gasteiger partial charge in [0.1, 0.15) is 12.1 Å². The van der Waals surface area contributed by atoms with E-state index in [0.29, 0.717) is 25.1 Å². The highest BCUT2D eigenvalue weighted by Crippen LogP contribution is 2.04. The molecule has 0 spiro atoms. The summed E-state index contributed by atoms with van der Waals surface area (Å²) in [5.41, 5.74) is 12.0. The second-order valence-corrected chi connectivity index (χ2v) is 8.25. The monoisotopic (exact) mass is 430 g/mol. The second-order valence-electron chi connectivity index (χ2n) is 6.70. The van der Waals surface area contributed by atoms with Gasteiger partial charge in [-0.15, -0.1) is 0 Å². The number of hydrogen-bond acceptors (Lipinski definition) is 7. The zero-order valence-electron chi connectivity index (χ0n) is 16.4. The minimum Gasteiger partial charge on any atom is -0.480 e. The van der Waals surface area contributed by atoms with E-state index in [-0.39, 0.29) is 25.0 Å². The quantitative estimate of drug-likeness (QED) is 0.187. The van der Waals surface area contributed by atoms with Crippen molar-refractivity contribution in [3.63, 3.8) is 0 Å². The predicted octanol–water partition coefficient (Wildman–Crippen LogP) is -1.77. The van der Waals surface area contributed by atoms with E-state index in [2.05, 4.69) is 20.6 Å². The van der Waals surface area contributed by atoms with E-state index in [1.54, 1.807) is 0 Å². The van der Waals surface area contributed by atoms with Crippen LogP contribution in [0.4, 0.5) is 0 Å². The maximum absolute atomic E-state index is 12.6. The number of carboxylic acid groups (broad SMARTS) is 1. The summed E-state index contributed by atoms with van der Waals surface area (Å²) in [5.74, 6) is -2.23. The normalized spacial score (nSPS) is 15.1. The van der Waals surface area contributed by atoms with Gasteiger partial charge in [-0.3, -0.25) is 13.8 Å². The van der Waals surface area contributed by atoms with Gasteiger partial charge in [-0.05, 0) is 32.2 Å². The highest BCUT2D eigenvalue weighted by atomic mass is 32.2. The fourth-order valence-electron chi connectivity index (χ4n) is 2.58. The van der Waals surface area contributed by atoms with Gasteiger partial charge in [-0.1, -0.05) is 0 Å². The van der Waals surface area contributed by atoms with E-state index in [1.807, 2.05) is 0 Å². The average Bonchev–Trinajstić information content (AvgIpc) is 3.16. The molecule has 0 saturated carbocycles. The molecule has 1 aromatic rings. The number of unbranched alkanes of at least 4 members (excludes halogenated alkanes) is 1. The van der Waals surface area contributed by atoms with Crippen LogP contribution in [0.15, 0.2) is 12.5 Å². The largest absolute Gasteiger partial charge is 0.480 e. The number of nitrogens with one attached hydrogen (secondary N) is 3. The molecule has 11 nitrogen and oxygen atoms in total. The van der Waals surface area contributed by atoms with Gasteiger partial charge < -0.3 is 32.2 Å². The number of carboxylic acids is 1. The molecule has 12 heteroatoms.